The lowest BCUT2D eigenvalue weighted by molar-refractivity contribution is -0.127. The van der Waals surface area contributed by atoms with E-state index in [0.717, 1.165) is 36.0 Å². The quantitative estimate of drug-likeness (QED) is 0.776. The van der Waals surface area contributed by atoms with Gasteiger partial charge in [-0.15, -0.1) is 10.2 Å². The Morgan fingerprint density at radius 3 is 2.67 bits per heavy atom. The van der Waals surface area contributed by atoms with E-state index in [9.17, 15) is 4.79 Å². The molecule has 0 unspecified atom stereocenters. The van der Waals surface area contributed by atoms with Crippen molar-refractivity contribution in [3.63, 3.8) is 0 Å². The number of hydrogen-bond donors (Lipinski definition) is 0. The highest BCUT2D eigenvalue weighted by Crippen LogP contribution is 2.24. The van der Waals surface area contributed by atoms with Gasteiger partial charge in [0.15, 0.2) is 0 Å². The van der Waals surface area contributed by atoms with Crippen molar-refractivity contribution in [1.29, 1.82) is 0 Å². The summed E-state index contributed by atoms with van der Waals surface area (Å²) in [6.45, 7) is 1.74. The summed E-state index contributed by atoms with van der Waals surface area (Å²) in [7, 11) is 0. The molecule has 3 rings (SSSR count). The van der Waals surface area contributed by atoms with Crippen molar-refractivity contribution in [3.8, 4) is 11.5 Å². The van der Waals surface area contributed by atoms with Crippen LogP contribution in [0.1, 0.15) is 12.8 Å². The molecular weight excluding hydrogens is 354 g/mol. The van der Waals surface area contributed by atoms with Crippen molar-refractivity contribution < 1.29 is 9.21 Å². The number of nitrogens with zero attached hydrogens (tertiary/aromatic N) is 3. The first-order valence-electron chi connectivity index (χ1n) is 6.72. The van der Waals surface area contributed by atoms with Gasteiger partial charge in [-0.1, -0.05) is 27.7 Å². The second kappa shape index (κ2) is 6.62. The topological polar surface area (TPSA) is 59.2 Å². The Bertz CT molecular complexity index is 623. The second-order valence-electron chi connectivity index (χ2n) is 4.76. The minimum Gasteiger partial charge on any atom is -0.411 e. The molecule has 110 valence electrons. The monoisotopic (exact) mass is 367 g/mol. The van der Waals surface area contributed by atoms with Crippen molar-refractivity contribution in [2.24, 2.45) is 0 Å². The number of likely N-dealkylation sites (tertiary alicyclic amines) is 1. The molecule has 1 fully saturated rings. The third-order valence-electron chi connectivity index (χ3n) is 3.28. The minimum atomic E-state index is 0.140. The fourth-order valence-corrected chi connectivity index (χ4v) is 3.09. The molecule has 0 aliphatic carbocycles. The Morgan fingerprint density at radius 1 is 1.24 bits per heavy atom. The molecule has 7 heteroatoms. The summed E-state index contributed by atoms with van der Waals surface area (Å²) in [5.41, 5.74) is 0.864. The molecule has 1 aliphatic heterocycles. The minimum absolute atomic E-state index is 0.140. The molecule has 2 heterocycles. The first kappa shape index (κ1) is 14.6. The summed E-state index contributed by atoms with van der Waals surface area (Å²) >= 11 is 4.68. The molecule has 1 saturated heterocycles. The number of aromatic nitrogens is 2. The normalized spacial score (nSPS) is 14.6. The third kappa shape index (κ3) is 3.65. The Balaban J connectivity index is 1.60. The Labute approximate surface area is 135 Å². The number of hydrogen-bond acceptors (Lipinski definition) is 5. The number of carbonyl (C=O) groups excluding carboxylic acids is 1. The maximum atomic E-state index is 11.9. The molecule has 0 radical (unpaired) electrons. The van der Waals surface area contributed by atoms with Crippen LogP contribution in [0.15, 0.2) is 38.4 Å². The van der Waals surface area contributed by atoms with Crippen LogP contribution in [0.4, 0.5) is 0 Å². The third-order valence-corrected chi connectivity index (χ3v) is 4.61. The summed E-state index contributed by atoms with van der Waals surface area (Å²) in [5.74, 6) is 0.960. The van der Waals surface area contributed by atoms with Gasteiger partial charge >= 0.3 is 0 Å². The van der Waals surface area contributed by atoms with Crippen LogP contribution >= 0.6 is 27.7 Å². The highest BCUT2D eigenvalue weighted by atomic mass is 79.9. The summed E-state index contributed by atoms with van der Waals surface area (Å²) in [5, 5.41) is 8.42. The number of benzene rings is 1. The van der Waals surface area contributed by atoms with Crippen LogP contribution in [0.5, 0.6) is 0 Å². The highest BCUT2D eigenvalue weighted by Gasteiger charge is 2.19. The van der Waals surface area contributed by atoms with E-state index >= 15 is 0 Å². The first-order valence-corrected chi connectivity index (χ1v) is 8.50. The van der Waals surface area contributed by atoms with E-state index in [1.165, 1.54) is 11.8 Å². The molecule has 1 aromatic heterocycles. The Hall–Kier alpha value is -1.34. The molecule has 0 N–H and O–H groups in total. The summed E-state index contributed by atoms with van der Waals surface area (Å²) in [4.78, 5) is 13.8. The van der Waals surface area contributed by atoms with Gasteiger partial charge in [-0.2, -0.15) is 0 Å². The van der Waals surface area contributed by atoms with Crippen LogP contribution in [0.2, 0.25) is 0 Å². The van der Waals surface area contributed by atoms with Gasteiger partial charge in [0, 0.05) is 23.1 Å². The van der Waals surface area contributed by atoms with Crippen LogP contribution in [-0.4, -0.2) is 39.8 Å². The molecule has 0 spiro atoms. The molecular formula is C14H14BrN3O2S. The maximum absolute atomic E-state index is 11.9. The van der Waals surface area contributed by atoms with Crippen LogP contribution in [0.3, 0.4) is 0 Å². The second-order valence-corrected chi connectivity index (χ2v) is 6.60. The van der Waals surface area contributed by atoms with Gasteiger partial charge in [0.25, 0.3) is 5.22 Å². The predicted molar refractivity (Wildman–Crippen MR) is 84.0 cm³/mol. The molecule has 1 aromatic carbocycles. The van der Waals surface area contributed by atoms with Crippen molar-refractivity contribution in [3.05, 3.63) is 28.7 Å². The van der Waals surface area contributed by atoms with E-state index in [0.29, 0.717) is 16.9 Å². The fraction of sp³-hybridized carbons (Fsp3) is 0.357. The first-order chi connectivity index (χ1) is 10.2. The molecule has 0 saturated carbocycles. The largest absolute Gasteiger partial charge is 0.411 e. The van der Waals surface area contributed by atoms with Gasteiger partial charge in [-0.3, -0.25) is 4.79 Å². The van der Waals surface area contributed by atoms with Gasteiger partial charge in [0.1, 0.15) is 0 Å². The zero-order valence-electron chi connectivity index (χ0n) is 11.3. The molecule has 0 bridgehead atoms. The standard InChI is InChI=1S/C14H14BrN3O2S/c15-11-5-3-10(4-6-11)13-16-17-14(20-13)21-9-12(19)18-7-1-2-8-18/h3-6H,1-2,7-9H2. The molecule has 5 nitrogen and oxygen atoms in total. The van der Waals surface area contributed by atoms with Crippen molar-refractivity contribution in [1.82, 2.24) is 15.1 Å². The SMILES string of the molecule is O=C(CSc1nnc(-c2ccc(Br)cc2)o1)N1CCCC1. The number of amides is 1. The van der Waals surface area contributed by atoms with Crippen molar-refractivity contribution in [2.75, 3.05) is 18.8 Å². The summed E-state index contributed by atoms with van der Waals surface area (Å²) in [6, 6.07) is 7.65. The van der Waals surface area contributed by atoms with Gasteiger partial charge < -0.3 is 9.32 Å². The van der Waals surface area contributed by atoms with Gasteiger partial charge in [-0.05, 0) is 37.1 Å². The van der Waals surface area contributed by atoms with Gasteiger partial charge in [-0.25, -0.2) is 0 Å². The average molecular weight is 368 g/mol. The zero-order valence-corrected chi connectivity index (χ0v) is 13.7. The Morgan fingerprint density at radius 2 is 1.95 bits per heavy atom. The number of thioether (sulfide) groups is 1. The number of halogens is 1. The van der Waals surface area contributed by atoms with E-state index in [1.807, 2.05) is 29.2 Å². The predicted octanol–water partition coefficient (Wildman–Crippen LogP) is 3.21. The number of rotatable bonds is 4. The van der Waals surface area contributed by atoms with E-state index in [-0.39, 0.29) is 5.91 Å². The maximum Gasteiger partial charge on any atom is 0.277 e. The summed E-state index contributed by atoms with van der Waals surface area (Å²) < 4.78 is 6.57. The van der Waals surface area contributed by atoms with Crippen LogP contribution in [-0.2, 0) is 4.79 Å². The van der Waals surface area contributed by atoms with Crippen molar-refractivity contribution in [2.45, 2.75) is 18.1 Å². The molecule has 1 amide bonds. The molecule has 1 aliphatic rings. The van der Waals surface area contributed by atoms with E-state index in [2.05, 4.69) is 26.1 Å². The van der Waals surface area contributed by atoms with Gasteiger partial charge in [0.05, 0.1) is 5.75 Å². The average Bonchev–Trinajstić information content (AvgIpc) is 3.17. The number of carbonyl (C=O) groups is 1. The van der Waals surface area contributed by atoms with E-state index < -0.39 is 0 Å². The molecule has 0 atom stereocenters. The van der Waals surface area contributed by atoms with Crippen LogP contribution < -0.4 is 0 Å². The van der Waals surface area contributed by atoms with Crippen LogP contribution in [0, 0.1) is 0 Å². The lowest BCUT2D eigenvalue weighted by Crippen LogP contribution is -2.29. The van der Waals surface area contributed by atoms with E-state index in [4.69, 9.17) is 4.42 Å². The smallest absolute Gasteiger partial charge is 0.277 e. The van der Waals surface area contributed by atoms with Gasteiger partial charge in [0.2, 0.25) is 11.8 Å². The van der Waals surface area contributed by atoms with Crippen LogP contribution in [0.25, 0.3) is 11.5 Å². The molecule has 2 aromatic rings. The molecule has 21 heavy (non-hydrogen) atoms. The fourth-order valence-electron chi connectivity index (χ4n) is 2.16. The zero-order chi connectivity index (χ0) is 14.7. The Kier molecular flexibility index (Phi) is 4.60. The lowest BCUT2D eigenvalue weighted by atomic mass is 10.2. The van der Waals surface area contributed by atoms with Crippen molar-refractivity contribution >= 4 is 33.6 Å². The summed E-state index contributed by atoms with van der Waals surface area (Å²) in [6.07, 6.45) is 2.20. The highest BCUT2D eigenvalue weighted by molar-refractivity contribution is 9.10. The van der Waals surface area contributed by atoms with E-state index in [1.54, 1.807) is 0 Å². The lowest BCUT2D eigenvalue weighted by Gasteiger charge is -2.13.